The van der Waals surface area contributed by atoms with E-state index in [0.29, 0.717) is 49.3 Å². The van der Waals surface area contributed by atoms with Crippen LogP contribution < -0.4 is 25.8 Å². The Kier molecular flexibility index (Phi) is 13.8. The van der Waals surface area contributed by atoms with Crippen LogP contribution in [0.2, 0.25) is 0 Å². The number of fused-ring (bicyclic) bond motifs is 7. The molecule has 2 atom stereocenters. The minimum absolute atomic E-state index is 0.0649. The van der Waals surface area contributed by atoms with Crippen LogP contribution in [0.15, 0.2) is 169 Å². The molecular weight excluding hydrogens is 909 g/mol. The first-order valence-electron chi connectivity index (χ1n) is 25.4. The molecule has 73 heavy (non-hydrogen) atoms. The number of amides is 2. The summed E-state index contributed by atoms with van der Waals surface area (Å²) in [5, 5.41) is 6.18. The Labute approximate surface area is 426 Å². The normalized spacial score (nSPS) is 17.1. The van der Waals surface area contributed by atoms with E-state index in [0.717, 1.165) is 89.6 Å². The van der Waals surface area contributed by atoms with E-state index in [9.17, 15) is 14.4 Å². The lowest BCUT2D eigenvalue weighted by Crippen LogP contribution is -2.48. The number of ether oxygens (including phenoxy) is 2. The molecule has 4 N–H and O–H groups in total. The van der Waals surface area contributed by atoms with Gasteiger partial charge in [-0.1, -0.05) is 97.1 Å². The Morgan fingerprint density at radius 1 is 0.740 bits per heavy atom. The van der Waals surface area contributed by atoms with Crippen molar-refractivity contribution in [2.45, 2.75) is 57.0 Å². The minimum atomic E-state index is -0.361. The van der Waals surface area contributed by atoms with E-state index in [1.54, 1.807) is 6.21 Å². The quantitative estimate of drug-likeness (QED) is 0.115. The van der Waals surface area contributed by atoms with Gasteiger partial charge in [0.25, 0.3) is 5.91 Å². The Hall–Kier alpha value is -8.12. The molecule has 7 aromatic rings. The van der Waals surface area contributed by atoms with Gasteiger partial charge < -0.3 is 30.7 Å². The number of Topliss-reactive ketones (excluding diaryl/α,β-unsaturated/α-hetero) is 1. The van der Waals surface area contributed by atoms with Crippen LogP contribution in [0.5, 0.6) is 11.5 Å². The molecule has 0 saturated carbocycles. The summed E-state index contributed by atoms with van der Waals surface area (Å²) in [4.78, 5) is 51.0. The van der Waals surface area contributed by atoms with Gasteiger partial charge in [0.15, 0.2) is 17.3 Å². The molecule has 3 heterocycles. The first kappa shape index (κ1) is 47.2. The Morgan fingerprint density at radius 2 is 1.49 bits per heavy atom. The molecule has 7 aromatic carbocycles. The molecule has 11 nitrogen and oxygen atoms in total. The molecule has 11 heteroatoms. The molecule has 2 amide bonds. The zero-order valence-corrected chi connectivity index (χ0v) is 40.8. The molecule has 1 saturated heterocycles. The molecule has 2 unspecified atom stereocenters. The van der Waals surface area contributed by atoms with E-state index in [-0.39, 0.29) is 36.2 Å². The second-order valence-corrected chi connectivity index (χ2v) is 19.3. The standard InChI is InChI=1S/C53H50N4O5.C9H8N2/c54-31-34-12-15-36(16-13-34)41-8-3-4-10-46(41)53(60)55-40-19-17-37(18-20-40)52(59)47-29-38-6-1-2-9-42(38)45-22-21-43-39(7-5-11-44(43)51(45)47)30-50(58)57-26-24-56(25-27-57)32-35-14-23-48-49(28-35)62-33-61-48;1-2-5-9-8(4-1)10-6-3-7-11-9/h1-4,6,8-10,12-23,28,39,47H,5,7,11,24-27,29-33,54H2,(H,55,60);1-7,10H. The summed E-state index contributed by atoms with van der Waals surface area (Å²) in [6, 6.07) is 49.7. The predicted molar refractivity (Wildman–Crippen MR) is 289 cm³/mol. The Balaban J connectivity index is 0.000000460. The number of rotatable bonds is 10. The lowest BCUT2D eigenvalue weighted by atomic mass is 9.69. The van der Waals surface area contributed by atoms with E-state index >= 15 is 0 Å². The monoisotopic (exact) mass is 966 g/mol. The van der Waals surface area contributed by atoms with Gasteiger partial charge in [-0.25, -0.2) is 0 Å². The fourth-order valence-electron chi connectivity index (χ4n) is 11.1. The third-order valence-corrected chi connectivity index (χ3v) is 14.8. The van der Waals surface area contributed by atoms with Gasteiger partial charge in [0.2, 0.25) is 12.7 Å². The number of hydrogen-bond donors (Lipinski definition) is 3. The van der Waals surface area contributed by atoms with Gasteiger partial charge in [0.05, 0.1) is 17.3 Å². The fourth-order valence-corrected chi connectivity index (χ4v) is 11.1. The second-order valence-electron chi connectivity index (χ2n) is 19.3. The maximum atomic E-state index is 14.7. The number of benzene rings is 7. The number of aliphatic imine (C=N–C) groups is 1. The van der Waals surface area contributed by atoms with Crippen molar-refractivity contribution >= 4 is 40.9 Å². The summed E-state index contributed by atoms with van der Waals surface area (Å²) < 4.78 is 11.1. The molecular formula is C62H58N6O5. The number of ketones is 1. The lowest BCUT2D eigenvalue weighted by molar-refractivity contribution is -0.133. The number of allylic oxidation sites excluding steroid dienone is 1. The van der Waals surface area contributed by atoms with Crippen molar-refractivity contribution in [1.29, 1.82) is 0 Å². The highest BCUT2D eigenvalue weighted by molar-refractivity contribution is 6.09. The van der Waals surface area contributed by atoms with Crippen molar-refractivity contribution in [3.8, 4) is 33.8 Å². The average Bonchev–Trinajstić information content (AvgIpc) is 3.78. The van der Waals surface area contributed by atoms with Crippen LogP contribution in [0, 0.1) is 0 Å². The fraction of sp³-hybridized carbons (Fsp3) is 0.226. The number of anilines is 2. The summed E-state index contributed by atoms with van der Waals surface area (Å²) in [6.45, 7) is 4.60. The Bertz CT molecular complexity index is 3250. The van der Waals surface area contributed by atoms with Gasteiger partial charge in [-0.05, 0) is 148 Å². The number of carbonyl (C=O) groups excluding carboxylic acids is 3. The molecule has 12 rings (SSSR count). The summed E-state index contributed by atoms with van der Waals surface area (Å²) in [6.07, 6.45) is 9.42. The molecule has 2 aliphatic carbocycles. The summed E-state index contributed by atoms with van der Waals surface area (Å²) in [5.41, 5.74) is 20.7. The number of nitrogens with one attached hydrogen (secondary N) is 2. The molecule has 366 valence electrons. The largest absolute Gasteiger partial charge is 0.454 e. The van der Waals surface area contributed by atoms with Crippen LogP contribution in [0.25, 0.3) is 22.3 Å². The van der Waals surface area contributed by atoms with Crippen LogP contribution in [-0.2, 0) is 30.7 Å². The van der Waals surface area contributed by atoms with Crippen molar-refractivity contribution < 1.29 is 23.9 Å². The number of para-hydroxylation sites is 2. The van der Waals surface area contributed by atoms with Crippen molar-refractivity contribution in [3.63, 3.8) is 0 Å². The summed E-state index contributed by atoms with van der Waals surface area (Å²) >= 11 is 0. The molecule has 0 aromatic heterocycles. The van der Waals surface area contributed by atoms with E-state index in [2.05, 4.69) is 63.0 Å². The second kappa shape index (κ2) is 21.3. The van der Waals surface area contributed by atoms with Gasteiger partial charge in [-0.2, -0.15) is 0 Å². The van der Waals surface area contributed by atoms with Crippen LogP contribution in [-0.4, -0.2) is 66.6 Å². The number of hydrogen-bond acceptors (Lipinski definition) is 9. The predicted octanol–water partition coefficient (Wildman–Crippen LogP) is 11.5. The average molecular weight is 967 g/mol. The smallest absolute Gasteiger partial charge is 0.256 e. The zero-order valence-electron chi connectivity index (χ0n) is 40.8. The topological polar surface area (TPSA) is 139 Å². The minimum Gasteiger partial charge on any atom is -0.454 e. The van der Waals surface area contributed by atoms with E-state index < -0.39 is 0 Å². The number of nitrogens with two attached hydrogens (primary N) is 1. The third kappa shape index (κ3) is 10.2. The lowest BCUT2D eigenvalue weighted by Gasteiger charge is -2.37. The first-order valence-corrected chi connectivity index (χ1v) is 25.4. The maximum Gasteiger partial charge on any atom is 0.256 e. The third-order valence-electron chi connectivity index (χ3n) is 14.8. The van der Waals surface area contributed by atoms with Crippen molar-refractivity contribution in [1.82, 2.24) is 9.80 Å². The molecule has 0 radical (unpaired) electrons. The van der Waals surface area contributed by atoms with Crippen LogP contribution in [0.3, 0.4) is 0 Å². The maximum absolute atomic E-state index is 14.7. The number of nitrogens with zero attached hydrogens (tertiary/aromatic N) is 3. The molecule has 5 aliphatic rings. The highest BCUT2D eigenvalue weighted by atomic mass is 16.7. The van der Waals surface area contributed by atoms with Crippen molar-refractivity contribution in [2.24, 2.45) is 10.7 Å². The highest BCUT2D eigenvalue weighted by Gasteiger charge is 2.36. The van der Waals surface area contributed by atoms with Gasteiger partial charge in [-0.15, -0.1) is 0 Å². The molecule has 0 spiro atoms. The van der Waals surface area contributed by atoms with E-state index in [4.69, 9.17) is 15.2 Å². The van der Waals surface area contributed by atoms with Crippen molar-refractivity contribution in [2.75, 3.05) is 43.6 Å². The molecule has 1 fully saturated rings. The summed E-state index contributed by atoms with van der Waals surface area (Å²) in [7, 11) is 0. The van der Waals surface area contributed by atoms with Crippen LogP contribution in [0.4, 0.5) is 17.1 Å². The Morgan fingerprint density at radius 3 is 2.33 bits per heavy atom. The van der Waals surface area contributed by atoms with E-state index in [1.807, 2.05) is 126 Å². The SMILES string of the molecule is C1=CNc2ccccc2N=C1.NCc1ccc(-c2ccccc2C(=O)Nc2ccc(C(=O)C3Cc4ccccc4-c4ccc5c(c43)CCCC5CC(=O)N3CCN(Cc4ccc5c(c4)OCO5)CC3)cc2)cc1. The van der Waals surface area contributed by atoms with Crippen LogP contribution in [0.1, 0.15) is 85.2 Å². The van der Waals surface area contributed by atoms with Crippen molar-refractivity contribution in [3.05, 3.63) is 208 Å². The number of piperazine rings is 1. The zero-order chi connectivity index (χ0) is 49.7. The first-order chi connectivity index (χ1) is 35.9. The highest BCUT2D eigenvalue weighted by Crippen LogP contribution is 2.48. The van der Waals surface area contributed by atoms with Gasteiger partial charge in [-0.3, -0.25) is 24.3 Å². The van der Waals surface area contributed by atoms with Gasteiger partial charge >= 0.3 is 0 Å². The number of carbonyl (C=O) groups is 3. The molecule has 3 aliphatic heterocycles. The van der Waals surface area contributed by atoms with Gasteiger partial charge in [0.1, 0.15) is 0 Å². The summed E-state index contributed by atoms with van der Waals surface area (Å²) in [5.74, 6) is 1.38. The van der Waals surface area contributed by atoms with E-state index in [1.165, 1.54) is 27.8 Å². The van der Waals surface area contributed by atoms with Gasteiger partial charge in [0, 0.05) is 74.9 Å². The van der Waals surface area contributed by atoms with Crippen LogP contribution >= 0.6 is 0 Å². The molecule has 0 bridgehead atoms.